The highest BCUT2D eigenvalue weighted by Gasteiger charge is 2.12. The molecule has 0 bridgehead atoms. The third-order valence-corrected chi connectivity index (χ3v) is 4.19. The van der Waals surface area contributed by atoms with Gasteiger partial charge in [0.25, 0.3) is 0 Å². The molecule has 2 aromatic rings. The van der Waals surface area contributed by atoms with Crippen molar-refractivity contribution in [3.8, 4) is 0 Å². The van der Waals surface area contributed by atoms with E-state index in [1.807, 2.05) is 6.07 Å². The number of aryl methyl sites for hydroxylation is 2. The van der Waals surface area contributed by atoms with Gasteiger partial charge in [0.05, 0.1) is 13.2 Å². The quantitative estimate of drug-likeness (QED) is 0.919. The zero-order valence-corrected chi connectivity index (χ0v) is 13.9. The predicted molar refractivity (Wildman–Crippen MR) is 93.2 cm³/mol. The van der Waals surface area contributed by atoms with Crippen LogP contribution >= 0.6 is 0 Å². The average molecular weight is 312 g/mol. The maximum absolute atomic E-state index is 5.38. The first-order chi connectivity index (χ1) is 11.2. The summed E-state index contributed by atoms with van der Waals surface area (Å²) in [5.41, 5.74) is 4.04. The van der Waals surface area contributed by atoms with Gasteiger partial charge in [-0.1, -0.05) is 23.8 Å². The van der Waals surface area contributed by atoms with E-state index in [4.69, 9.17) is 4.74 Å². The first-order valence-electron chi connectivity index (χ1n) is 8.17. The lowest BCUT2D eigenvalue weighted by atomic mass is 10.0. The number of hydrogen-bond donors (Lipinski definition) is 1. The van der Waals surface area contributed by atoms with Gasteiger partial charge in [-0.05, 0) is 31.4 Å². The molecule has 1 aromatic heterocycles. The largest absolute Gasteiger partial charge is 0.378 e. The molecule has 3 rings (SSSR count). The lowest BCUT2D eigenvalue weighted by Crippen LogP contribution is -2.36. The van der Waals surface area contributed by atoms with Crippen LogP contribution in [0.25, 0.3) is 0 Å². The molecule has 0 spiro atoms. The van der Waals surface area contributed by atoms with Crippen LogP contribution in [0.4, 0.5) is 11.6 Å². The van der Waals surface area contributed by atoms with Crippen LogP contribution in [0, 0.1) is 13.8 Å². The molecule has 1 fully saturated rings. The fraction of sp³-hybridized carbons (Fsp3) is 0.444. The highest BCUT2D eigenvalue weighted by Crippen LogP contribution is 2.16. The number of benzene rings is 1. The van der Waals surface area contributed by atoms with Crippen molar-refractivity contribution in [3.05, 3.63) is 47.3 Å². The Morgan fingerprint density at radius 2 is 1.96 bits per heavy atom. The lowest BCUT2D eigenvalue weighted by Gasteiger charge is -2.27. The van der Waals surface area contributed by atoms with E-state index in [1.165, 1.54) is 16.7 Å². The van der Waals surface area contributed by atoms with Crippen molar-refractivity contribution in [2.75, 3.05) is 43.1 Å². The minimum absolute atomic E-state index is 0.763. The van der Waals surface area contributed by atoms with Crippen LogP contribution in [0.1, 0.15) is 16.7 Å². The molecule has 1 aliphatic rings. The minimum atomic E-state index is 0.763. The molecule has 2 heterocycles. The average Bonchev–Trinajstić information content (AvgIpc) is 2.58. The van der Waals surface area contributed by atoms with Crippen LogP contribution in [0.2, 0.25) is 0 Å². The third kappa shape index (κ3) is 4.20. The first-order valence-corrected chi connectivity index (χ1v) is 8.17. The van der Waals surface area contributed by atoms with Gasteiger partial charge < -0.3 is 15.0 Å². The summed E-state index contributed by atoms with van der Waals surface area (Å²) in [6, 6.07) is 8.64. The van der Waals surface area contributed by atoms with E-state index in [9.17, 15) is 0 Å². The molecule has 0 unspecified atom stereocenters. The van der Waals surface area contributed by atoms with Crippen LogP contribution in [-0.2, 0) is 11.2 Å². The molecule has 1 aliphatic heterocycles. The topological polar surface area (TPSA) is 50.3 Å². The standard InChI is InChI=1S/C18H24N4O/c1-14-3-4-16(15(2)11-14)5-6-19-17-12-18(21-13-20-17)22-7-9-23-10-8-22/h3-4,11-13H,5-10H2,1-2H3,(H,19,20,21). The van der Waals surface area contributed by atoms with Crippen molar-refractivity contribution < 1.29 is 4.74 Å². The van der Waals surface area contributed by atoms with E-state index in [1.54, 1.807) is 6.33 Å². The molecular weight excluding hydrogens is 288 g/mol. The lowest BCUT2D eigenvalue weighted by molar-refractivity contribution is 0.122. The Kier molecular flexibility index (Phi) is 5.08. The molecular formula is C18H24N4O. The van der Waals surface area contributed by atoms with Gasteiger partial charge in [0.2, 0.25) is 0 Å². The Hall–Kier alpha value is -2.14. The number of morpholine rings is 1. The zero-order chi connectivity index (χ0) is 16.1. The molecule has 0 atom stereocenters. The second-order valence-corrected chi connectivity index (χ2v) is 5.97. The van der Waals surface area contributed by atoms with Crippen LogP contribution in [0.15, 0.2) is 30.6 Å². The van der Waals surface area contributed by atoms with Gasteiger partial charge >= 0.3 is 0 Å². The summed E-state index contributed by atoms with van der Waals surface area (Å²) < 4.78 is 5.38. The Morgan fingerprint density at radius 1 is 1.13 bits per heavy atom. The first kappa shape index (κ1) is 15.7. The van der Waals surface area contributed by atoms with Gasteiger partial charge in [-0.25, -0.2) is 9.97 Å². The number of hydrogen-bond acceptors (Lipinski definition) is 5. The van der Waals surface area contributed by atoms with Crippen LogP contribution < -0.4 is 10.2 Å². The highest BCUT2D eigenvalue weighted by atomic mass is 16.5. The summed E-state index contributed by atoms with van der Waals surface area (Å²) in [6.07, 6.45) is 2.62. The van der Waals surface area contributed by atoms with E-state index in [0.717, 1.165) is 50.9 Å². The summed E-state index contributed by atoms with van der Waals surface area (Å²) in [5, 5.41) is 3.41. The van der Waals surface area contributed by atoms with E-state index >= 15 is 0 Å². The number of nitrogens with zero attached hydrogens (tertiary/aromatic N) is 3. The van der Waals surface area contributed by atoms with Crippen molar-refractivity contribution in [3.63, 3.8) is 0 Å². The van der Waals surface area contributed by atoms with Crippen LogP contribution in [0.5, 0.6) is 0 Å². The summed E-state index contributed by atoms with van der Waals surface area (Å²) in [7, 11) is 0. The van der Waals surface area contributed by atoms with Crippen molar-refractivity contribution >= 4 is 11.6 Å². The summed E-state index contributed by atoms with van der Waals surface area (Å²) in [4.78, 5) is 10.9. The third-order valence-electron chi connectivity index (χ3n) is 4.19. The van der Waals surface area contributed by atoms with Crippen molar-refractivity contribution in [2.24, 2.45) is 0 Å². The fourth-order valence-corrected chi connectivity index (χ4v) is 2.86. The number of aromatic nitrogens is 2. The van der Waals surface area contributed by atoms with Gasteiger partial charge in [-0.3, -0.25) is 0 Å². The molecule has 1 aromatic carbocycles. The minimum Gasteiger partial charge on any atom is -0.378 e. The van der Waals surface area contributed by atoms with Crippen LogP contribution in [0.3, 0.4) is 0 Å². The van der Waals surface area contributed by atoms with Crippen molar-refractivity contribution in [1.29, 1.82) is 0 Å². The Morgan fingerprint density at radius 3 is 2.74 bits per heavy atom. The Balaban J connectivity index is 1.57. The number of rotatable bonds is 5. The summed E-state index contributed by atoms with van der Waals surface area (Å²) in [6.45, 7) is 8.47. The Labute approximate surface area is 137 Å². The monoisotopic (exact) mass is 312 g/mol. The predicted octanol–water partition coefficient (Wildman–Crippen LogP) is 2.58. The SMILES string of the molecule is Cc1ccc(CCNc2cc(N3CCOCC3)ncn2)c(C)c1. The second kappa shape index (κ2) is 7.42. The van der Waals surface area contributed by atoms with E-state index in [0.29, 0.717) is 0 Å². The number of nitrogens with one attached hydrogen (secondary N) is 1. The van der Waals surface area contributed by atoms with Gasteiger partial charge in [0.15, 0.2) is 0 Å². The van der Waals surface area contributed by atoms with E-state index < -0.39 is 0 Å². The Bertz CT molecular complexity index is 653. The number of ether oxygens (including phenoxy) is 1. The molecule has 122 valence electrons. The molecule has 1 N–H and O–H groups in total. The van der Waals surface area contributed by atoms with Crippen molar-refractivity contribution in [1.82, 2.24) is 9.97 Å². The van der Waals surface area contributed by atoms with E-state index in [2.05, 4.69) is 52.2 Å². The molecule has 0 saturated carbocycles. The fourth-order valence-electron chi connectivity index (χ4n) is 2.86. The summed E-state index contributed by atoms with van der Waals surface area (Å²) >= 11 is 0. The zero-order valence-electron chi connectivity index (χ0n) is 13.9. The molecule has 0 aliphatic carbocycles. The van der Waals surface area contributed by atoms with Gasteiger partial charge in [-0.2, -0.15) is 0 Å². The molecule has 23 heavy (non-hydrogen) atoms. The smallest absolute Gasteiger partial charge is 0.134 e. The molecule has 0 amide bonds. The maximum atomic E-state index is 5.38. The summed E-state index contributed by atoms with van der Waals surface area (Å²) in [5.74, 6) is 1.85. The maximum Gasteiger partial charge on any atom is 0.134 e. The van der Waals surface area contributed by atoms with Crippen LogP contribution in [-0.4, -0.2) is 42.8 Å². The molecule has 5 heteroatoms. The highest BCUT2D eigenvalue weighted by molar-refractivity contribution is 5.48. The second-order valence-electron chi connectivity index (χ2n) is 5.97. The molecule has 0 radical (unpaired) electrons. The van der Waals surface area contributed by atoms with Gasteiger partial charge in [-0.15, -0.1) is 0 Å². The molecule has 1 saturated heterocycles. The van der Waals surface area contributed by atoms with Gasteiger partial charge in [0.1, 0.15) is 18.0 Å². The van der Waals surface area contributed by atoms with E-state index in [-0.39, 0.29) is 0 Å². The van der Waals surface area contributed by atoms with Gasteiger partial charge in [0, 0.05) is 25.7 Å². The molecule has 5 nitrogen and oxygen atoms in total. The normalized spacial score (nSPS) is 14.8. The number of anilines is 2. The van der Waals surface area contributed by atoms with Crippen molar-refractivity contribution in [2.45, 2.75) is 20.3 Å².